The summed E-state index contributed by atoms with van der Waals surface area (Å²) in [6.07, 6.45) is 0.0982. The Hall–Kier alpha value is -3.62. The van der Waals surface area contributed by atoms with Gasteiger partial charge in [-0.15, -0.1) is 0 Å². The fourth-order valence-corrected chi connectivity index (χ4v) is 3.17. The second-order valence-corrected chi connectivity index (χ2v) is 6.97. The summed E-state index contributed by atoms with van der Waals surface area (Å²) in [5.41, 5.74) is 1.24. The van der Waals surface area contributed by atoms with E-state index in [1.54, 1.807) is 13.1 Å². The molecule has 2 aromatic rings. The number of nitro groups is 1. The summed E-state index contributed by atoms with van der Waals surface area (Å²) in [7, 11) is 1.61. The molecule has 0 fully saturated rings. The van der Waals surface area contributed by atoms with Crippen LogP contribution in [-0.4, -0.2) is 49.5 Å². The van der Waals surface area contributed by atoms with Gasteiger partial charge in [0.05, 0.1) is 23.7 Å². The summed E-state index contributed by atoms with van der Waals surface area (Å²) in [6, 6.07) is 13.1. The topological polar surface area (TPSA) is 105 Å². The minimum Gasteiger partial charge on any atom is -0.477 e. The molecule has 158 valence electrons. The first-order chi connectivity index (χ1) is 14.4. The molecule has 2 amide bonds. The number of ether oxygens (including phenoxy) is 1. The van der Waals surface area contributed by atoms with Crippen LogP contribution in [0.15, 0.2) is 48.5 Å². The predicted octanol–water partition coefficient (Wildman–Crippen LogP) is 2.35. The predicted molar refractivity (Wildman–Crippen MR) is 113 cm³/mol. The van der Waals surface area contributed by atoms with Crippen molar-refractivity contribution in [2.24, 2.45) is 0 Å². The van der Waals surface area contributed by atoms with Gasteiger partial charge in [0, 0.05) is 31.4 Å². The van der Waals surface area contributed by atoms with Crippen LogP contribution in [-0.2, 0) is 9.59 Å². The van der Waals surface area contributed by atoms with Crippen LogP contribution in [0.5, 0.6) is 5.75 Å². The van der Waals surface area contributed by atoms with E-state index >= 15 is 0 Å². The number of likely N-dealkylation sites (N-methyl/N-ethyl adjacent to an activating group) is 1. The molecule has 0 radical (unpaired) electrons. The lowest BCUT2D eigenvalue weighted by Gasteiger charge is -2.36. The van der Waals surface area contributed by atoms with Gasteiger partial charge in [0.2, 0.25) is 5.91 Å². The van der Waals surface area contributed by atoms with Crippen LogP contribution in [0.2, 0.25) is 0 Å². The lowest BCUT2D eigenvalue weighted by Crippen LogP contribution is -2.51. The first-order valence-electron chi connectivity index (χ1n) is 9.70. The molecule has 1 N–H and O–H groups in total. The summed E-state index contributed by atoms with van der Waals surface area (Å²) in [5.74, 6) is 0.118. The molecule has 1 aliphatic heterocycles. The number of anilines is 2. The molecule has 30 heavy (non-hydrogen) atoms. The Kier molecular flexibility index (Phi) is 6.51. The van der Waals surface area contributed by atoms with Crippen molar-refractivity contribution in [3.63, 3.8) is 0 Å². The Balaban J connectivity index is 1.75. The molecule has 0 aromatic heterocycles. The van der Waals surface area contributed by atoms with Crippen molar-refractivity contribution in [2.45, 2.75) is 19.4 Å². The van der Waals surface area contributed by atoms with Gasteiger partial charge in [-0.05, 0) is 30.7 Å². The fraction of sp³-hybridized carbons (Fsp3) is 0.333. The number of fused-ring (bicyclic) bond motifs is 1. The van der Waals surface area contributed by atoms with Crippen molar-refractivity contribution < 1.29 is 19.2 Å². The van der Waals surface area contributed by atoms with E-state index in [0.29, 0.717) is 18.0 Å². The molecular formula is C21H24N4O5. The SMILES string of the molecule is CCCNC(=O)[C@@H]1CN(CC(=O)N(C)c2ccc([N+](=O)[O-])cc2)c2ccccc2O1. The molecule has 0 spiro atoms. The summed E-state index contributed by atoms with van der Waals surface area (Å²) in [6.45, 7) is 2.80. The number of nitrogens with one attached hydrogen (secondary N) is 1. The minimum atomic E-state index is -0.719. The Morgan fingerprint density at radius 1 is 1.23 bits per heavy atom. The molecule has 9 nitrogen and oxygen atoms in total. The second kappa shape index (κ2) is 9.25. The number of hydrogen-bond acceptors (Lipinski definition) is 6. The molecule has 9 heteroatoms. The maximum atomic E-state index is 12.9. The molecule has 1 heterocycles. The van der Waals surface area contributed by atoms with E-state index < -0.39 is 11.0 Å². The third-order valence-corrected chi connectivity index (χ3v) is 4.85. The van der Waals surface area contributed by atoms with Gasteiger partial charge in [0.25, 0.3) is 11.6 Å². The lowest BCUT2D eigenvalue weighted by atomic mass is 10.1. The lowest BCUT2D eigenvalue weighted by molar-refractivity contribution is -0.384. The Bertz CT molecular complexity index is 931. The smallest absolute Gasteiger partial charge is 0.269 e. The molecule has 0 aliphatic carbocycles. The number of carbonyl (C=O) groups is 2. The Labute approximate surface area is 174 Å². The zero-order valence-corrected chi connectivity index (χ0v) is 16.9. The number of amides is 2. The van der Waals surface area contributed by atoms with E-state index in [9.17, 15) is 19.7 Å². The number of para-hydroxylation sites is 2. The van der Waals surface area contributed by atoms with Gasteiger partial charge in [-0.25, -0.2) is 0 Å². The van der Waals surface area contributed by atoms with Crippen molar-refractivity contribution in [1.82, 2.24) is 5.32 Å². The highest BCUT2D eigenvalue weighted by atomic mass is 16.6. The summed E-state index contributed by atoms with van der Waals surface area (Å²) >= 11 is 0. The zero-order valence-electron chi connectivity index (χ0n) is 16.9. The van der Waals surface area contributed by atoms with Crippen LogP contribution in [0.1, 0.15) is 13.3 Å². The summed E-state index contributed by atoms with van der Waals surface area (Å²) in [4.78, 5) is 38.9. The number of rotatable bonds is 7. The van der Waals surface area contributed by atoms with Crippen molar-refractivity contribution in [1.29, 1.82) is 0 Å². The monoisotopic (exact) mass is 412 g/mol. The quantitative estimate of drug-likeness (QED) is 0.553. The normalized spacial score (nSPS) is 15.0. The van der Waals surface area contributed by atoms with Gasteiger partial charge in [-0.1, -0.05) is 19.1 Å². The number of benzene rings is 2. The van der Waals surface area contributed by atoms with Crippen molar-refractivity contribution in [3.8, 4) is 5.75 Å². The van der Waals surface area contributed by atoms with E-state index in [4.69, 9.17) is 4.74 Å². The van der Waals surface area contributed by atoms with Gasteiger partial charge in [-0.3, -0.25) is 19.7 Å². The van der Waals surface area contributed by atoms with Gasteiger partial charge >= 0.3 is 0 Å². The van der Waals surface area contributed by atoms with Crippen molar-refractivity contribution >= 4 is 28.9 Å². The van der Waals surface area contributed by atoms with E-state index in [0.717, 1.165) is 12.1 Å². The average molecular weight is 412 g/mol. The maximum absolute atomic E-state index is 12.9. The van der Waals surface area contributed by atoms with Gasteiger partial charge in [0.15, 0.2) is 6.10 Å². The van der Waals surface area contributed by atoms with E-state index in [1.165, 1.54) is 29.2 Å². The van der Waals surface area contributed by atoms with Gasteiger partial charge in [0.1, 0.15) is 5.75 Å². The first kappa shape index (κ1) is 21.1. The highest BCUT2D eigenvalue weighted by molar-refractivity contribution is 5.96. The van der Waals surface area contributed by atoms with Gasteiger partial charge < -0.3 is 19.9 Å². The third-order valence-electron chi connectivity index (χ3n) is 4.85. The van der Waals surface area contributed by atoms with E-state index in [1.807, 2.05) is 30.0 Å². The number of hydrogen-bond donors (Lipinski definition) is 1. The van der Waals surface area contributed by atoms with Crippen molar-refractivity contribution in [3.05, 3.63) is 58.6 Å². The van der Waals surface area contributed by atoms with Crippen LogP contribution in [0.25, 0.3) is 0 Å². The molecule has 1 atom stereocenters. The van der Waals surface area contributed by atoms with Crippen LogP contribution in [0.3, 0.4) is 0 Å². The second-order valence-electron chi connectivity index (χ2n) is 6.97. The average Bonchev–Trinajstić information content (AvgIpc) is 2.76. The van der Waals surface area contributed by atoms with Gasteiger partial charge in [-0.2, -0.15) is 0 Å². The van der Waals surface area contributed by atoms with Crippen LogP contribution in [0.4, 0.5) is 17.1 Å². The standard InChI is InChI=1S/C21H24N4O5/c1-3-12-22-21(27)19-13-24(17-6-4-5-7-18(17)30-19)14-20(26)23(2)15-8-10-16(11-9-15)25(28)29/h4-11,19H,3,12-14H2,1-2H3,(H,22,27)/t19-/m0/s1. The minimum absolute atomic E-state index is 0.0332. The fourth-order valence-electron chi connectivity index (χ4n) is 3.17. The molecule has 0 saturated carbocycles. The number of carbonyl (C=O) groups excluding carboxylic acids is 2. The number of nitro benzene ring substituents is 1. The number of non-ortho nitro benzene ring substituents is 1. The van der Waals surface area contributed by atoms with E-state index in [2.05, 4.69) is 5.32 Å². The zero-order chi connectivity index (χ0) is 21.7. The molecule has 0 saturated heterocycles. The van der Waals surface area contributed by atoms with Crippen LogP contribution in [0, 0.1) is 10.1 Å². The molecule has 0 unspecified atom stereocenters. The third kappa shape index (κ3) is 4.68. The van der Waals surface area contributed by atoms with E-state index in [-0.39, 0.29) is 30.6 Å². The molecule has 0 bridgehead atoms. The Morgan fingerprint density at radius 3 is 2.60 bits per heavy atom. The first-order valence-corrected chi connectivity index (χ1v) is 9.70. The highest BCUT2D eigenvalue weighted by Gasteiger charge is 2.32. The Morgan fingerprint density at radius 2 is 1.93 bits per heavy atom. The molecule has 2 aromatic carbocycles. The molecular weight excluding hydrogens is 388 g/mol. The van der Waals surface area contributed by atoms with Crippen LogP contribution >= 0.6 is 0 Å². The molecule has 1 aliphatic rings. The highest BCUT2D eigenvalue weighted by Crippen LogP contribution is 2.33. The number of nitrogens with zero attached hydrogens (tertiary/aromatic N) is 3. The summed E-state index contributed by atoms with van der Waals surface area (Å²) in [5, 5.41) is 13.6. The maximum Gasteiger partial charge on any atom is 0.269 e. The molecule has 3 rings (SSSR count). The largest absolute Gasteiger partial charge is 0.477 e. The van der Waals surface area contributed by atoms with Crippen molar-refractivity contribution in [2.75, 3.05) is 36.5 Å². The summed E-state index contributed by atoms with van der Waals surface area (Å²) < 4.78 is 5.84. The van der Waals surface area contributed by atoms with Crippen LogP contribution < -0.4 is 19.9 Å².